The molecule has 0 unspecified atom stereocenters. The SMILES string of the molecule is C[C@@H](CO)Nc1cccc(-c2c[nH]c3ncc(Cl)cc23)n1. The number of pyridine rings is 2. The second kappa shape index (κ2) is 5.71. The molecule has 3 rings (SSSR count). The van der Waals surface area contributed by atoms with E-state index < -0.39 is 0 Å². The highest BCUT2D eigenvalue weighted by molar-refractivity contribution is 6.31. The van der Waals surface area contributed by atoms with E-state index in [1.54, 1.807) is 6.20 Å². The first kappa shape index (κ1) is 13.9. The zero-order chi connectivity index (χ0) is 14.8. The van der Waals surface area contributed by atoms with Crippen molar-refractivity contribution >= 4 is 28.5 Å². The molecule has 0 saturated heterocycles. The Morgan fingerprint density at radius 3 is 3.10 bits per heavy atom. The minimum atomic E-state index is -0.0492. The lowest BCUT2D eigenvalue weighted by Gasteiger charge is -2.12. The first-order chi connectivity index (χ1) is 10.2. The van der Waals surface area contributed by atoms with E-state index in [9.17, 15) is 0 Å². The molecule has 0 radical (unpaired) electrons. The summed E-state index contributed by atoms with van der Waals surface area (Å²) in [4.78, 5) is 11.9. The van der Waals surface area contributed by atoms with Crippen molar-refractivity contribution in [3.8, 4) is 11.3 Å². The number of aromatic nitrogens is 3. The summed E-state index contributed by atoms with van der Waals surface area (Å²) < 4.78 is 0. The molecule has 0 fully saturated rings. The van der Waals surface area contributed by atoms with Gasteiger partial charge in [-0.05, 0) is 25.1 Å². The fraction of sp³-hybridized carbons (Fsp3) is 0.200. The number of nitrogens with one attached hydrogen (secondary N) is 2. The van der Waals surface area contributed by atoms with Gasteiger partial charge in [0, 0.05) is 29.4 Å². The maximum Gasteiger partial charge on any atom is 0.138 e. The number of rotatable bonds is 4. The van der Waals surface area contributed by atoms with E-state index in [2.05, 4.69) is 20.3 Å². The lowest BCUT2D eigenvalue weighted by atomic mass is 10.1. The summed E-state index contributed by atoms with van der Waals surface area (Å²) in [6, 6.07) is 7.54. The lowest BCUT2D eigenvalue weighted by Crippen LogP contribution is -2.19. The van der Waals surface area contributed by atoms with Gasteiger partial charge in [0.05, 0.1) is 17.3 Å². The third-order valence-electron chi connectivity index (χ3n) is 3.19. The third kappa shape index (κ3) is 2.84. The van der Waals surface area contributed by atoms with Gasteiger partial charge in [-0.3, -0.25) is 0 Å². The molecule has 3 N–H and O–H groups in total. The van der Waals surface area contributed by atoms with Crippen LogP contribution in [-0.2, 0) is 0 Å². The number of halogens is 1. The summed E-state index contributed by atoms with van der Waals surface area (Å²) in [7, 11) is 0. The third-order valence-corrected chi connectivity index (χ3v) is 3.40. The number of hydrogen-bond acceptors (Lipinski definition) is 4. The summed E-state index contributed by atoms with van der Waals surface area (Å²) in [6.07, 6.45) is 3.48. The number of aromatic amines is 1. The summed E-state index contributed by atoms with van der Waals surface area (Å²) >= 11 is 6.02. The molecule has 3 aromatic rings. The minimum absolute atomic E-state index is 0.0492. The van der Waals surface area contributed by atoms with Gasteiger partial charge in [-0.15, -0.1) is 0 Å². The highest BCUT2D eigenvalue weighted by atomic mass is 35.5. The maximum absolute atomic E-state index is 9.10. The van der Waals surface area contributed by atoms with Crippen LogP contribution in [0.1, 0.15) is 6.92 Å². The van der Waals surface area contributed by atoms with Crippen LogP contribution in [0.2, 0.25) is 5.02 Å². The molecule has 108 valence electrons. The average molecular weight is 303 g/mol. The number of fused-ring (bicyclic) bond motifs is 1. The minimum Gasteiger partial charge on any atom is -0.394 e. The molecule has 0 bridgehead atoms. The van der Waals surface area contributed by atoms with Crippen LogP contribution in [0, 0.1) is 0 Å². The van der Waals surface area contributed by atoms with Gasteiger partial charge >= 0.3 is 0 Å². The molecule has 5 nitrogen and oxygen atoms in total. The van der Waals surface area contributed by atoms with Crippen LogP contribution in [-0.4, -0.2) is 32.7 Å². The summed E-state index contributed by atoms with van der Waals surface area (Å²) in [5.41, 5.74) is 2.54. The summed E-state index contributed by atoms with van der Waals surface area (Å²) in [6.45, 7) is 1.95. The summed E-state index contributed by atoms with van der Waals surface area (Å²) in [5, 5.41) is 13.8. The Balaban J connectivity index is 2.02. The van der Waals surface area contributed by atoms with Crippen molar-refractivity contribution in [3.05, 3.63) is 41.7 Å². The van der Waals surface area contributed by atoms with Gasteiger partial charge in [0.1, 0.15) is 11.5 Å². The maximum atomic E-state index is 9.10. The highest BCUT2D eigenvalue weighted by Crippen LogP contribution is 2.28. The monoisotopic (exact) mass is 302 g/mol. The zero-order valence-electron chi connectivity index (χ0n) is 11.5. The Morgan fingerprint density at radius 1 is 1.43 bits per heavy atom. The van der Waals surface area contributed by atoms with Crippen LogP contribution < -0.4 is 5.32 Å². The fourth-order valence-electron chi connectivity index (χ4n) is 2.15. The Morgan fingerprint density at radius 2 is 2.29 bits per heavy atom. The summed E-state index contributed by atoms with van der Waals surface area (Å²) in [5.74, 6) is 0.721. The molecule has 0 amide bonds. The van der Waals surface area contributed by atoms with Gasteiger partial charge in [0.25, 0.3) is 0 Å². The molecule has 3 aromatic heterocycles. The molecule has 21 heavy (non-hydrogen) atoms. The number of anilines is 1. The van der Waals surface area contributed by atoms with E-state index in [1.165, 1.54) is 0 Å². The van der Waals surface area contributed by atoms with E-state index >= 15 is 0 Å². The average Bonchev–Trinajstić information content (AvgIpc) is 2.90. The van der Waals surface area contributed by atoms with Crippen molar-refractivity contribution in [1.29, 1.82) is 0 Å². The van der Waals surface area contributed by atoms with Gasteiger partial charge in [0.2, 0.25) is 0 Å². The first-order valence-corrected chi connectivity index (χ1v) is 7.02. The van der Waals surface area contributed by atoms with Crippen molar-refractivity contribution in [2.45, 2.75) is 13.0 Å². The number of H-pyrrole nitrogens is 1. The molecular weight excluding hydrogens is 288 g/mol. The van der Waals surface area contributed by atoms with Gasteiger partial charge in [-0.25, -0.2) is 9.97 Å². The highest BCUT2D eigenvalue weighted by Gasteiger charge is 2.10. The largest absolute Gasteiger partial charge is 0.394 e. The Labute approximate surface area is 127 Å². The number of aliphatic hydroxyl groups excluding tert-OH is 1. The predicted octanol–water partition coefficient (Wildman–Crippen LogP) is 3.07. The molecule has 0 aliphatic heterocycles. The fourth-order valence-corrected chi connectivity index (χ4v) is 2.31. The van der Waals surface area contributed by atoms with Crippen molar-refractivity contribution in [3.63, 3.8) is 0 Å². The molecule has 0 saturated carbocycles. The van der Waals surface area contributed by atoms with Gasteiger partial charge in [0.15, 0.2) is 0 Å². The first-order valence-electron chi connectivity index (χ1n) is 6.65. The molecule has 6 heteroatoms. The van der Waals surface area contributed by atoms with Crippen LogP contribution >= 0.6 is 11.6 Å². The molecule has 3 heterocycles. The normalized spacial score (nSPS) is 12.5. The molecule has 1 atom stereocenters. The van der Waals surface area contributed by atoms with E-state index in [1.807, 2.05) is 37.4 Å². The number of nitrogens with zero attached hydrogens (tertiary/aromatic N) is 2. The van der Waals surface area contributed by atoms with E-state index in [0.717, 1.165) is 28.1 Å². The molecule has 0 aliphatic carbocycles. The van der Waals surface area contributed by atoms with Crippen LogP contribution in [0.3, 0.4) is 0 Å². The zero-order valence-corrected chi connectivity index (χ0v) is 12.2. The topological polar surface area (TPSA) is 73.8 Å². The van der Waals surface area contributed by atoms with E-state index in [-0.39, 0.29) is 12.6 Å². The van der Waals surface area contributed by atoms with Gasteiger partial charge < -0.3 is 15.4 Å². The Bertz CT molecular complexity index is 771. The van der Waals surface area contributed by atoms with E-state index in [4.69, 9.17) is 16.7 Å². The van der Waals surface area contributed by atoms with Crippen molar-refractivity contribution in [1.82, 2.24) is 15.0 Å². The van der Waals surface area contributed by atoms with Crippen LogP contribution in [0.15, 0.2) is 36.7 Å². The van der Waals surface area contributed by atoms with Crippen LogP contribution in [0.25, 0.3) is 22.3 Å². The standard InChI is InChI=1S/C15H15ClN4O/c1-9(8-21)19-14-4-2-3-13(20-14)12-7-18-15-11(12)5-10(16)6-17-15/h2-7,9,21H,8H2,1H3,(H,17,18)(H,19,20)/t9-/m0/s1. The smallest absolute Gasteiger partial charge is 0.138 e. The predicted molar refractivity (Wildman–Crippen MR) is 84.5 cm³/mol. The quantitative estimate of drug-likeness (QED) is 0.692. The van der Waals surface area contributed by atoms with Crippen molar-refractivity contribution in [2.75, 3.05) is 11.9 Å². The Hall–Kier alpha value is -2.11. The molecular formula is C15H15ClN4O. The van der Waals surface area contributed by atoms with Crippen LogP contribution in [0.4, 0.5) is 5.82 Å². The molecule has 0 aliphatic rings. The van der Waals surface area contributed by atoms with Crippen LogP contribution in [0.5, 0.6) is 0 Å². The number of hydrogen-bond donors (Lipinski definition) is 3. The lowest BCUT2D eigenvalue weighted by molar-refractivity contribution is 0.281. The molecule has 0 aromatic carbocycles. The second-order valence-electron chi connectivity index (χ2n) is 4.89. The van der Waals surface area contributed by atoms with E-state index in [0.29, 0.717) is 5.02 Å². The van der Waals surface area contributed by atoms with Gasteiger partial charge in [-0.1, -0.05) is 17.7 Å². The van der Waals surface area contributed by atoms with Gasteiger partial charge in [-0.2, -0.15) is 0 Å². The van der Waals surface area contributed by atoms with Crippen molar-refractivity contribution in [2.24, 2.45) is 0 Å². The van der Waals surface area contributed by atoms with Crippen molar-refractivity contribution < 1.29 is 5.11 Å². The molecule has 0 spiro atoms. The second-order valence-corrected chi connectivity index (χ2v) is 5.32. The number of aliphatic hydroxyl groups is 1. The Kier molecular flexibility index (Phi) is 3.77.